The number of benzene rings is 2. The predicted molar refractivity (Wildman–Crippen MR) is 149 cm³/mol. The van der Waals surface area contributed by atoms with Crippen molar-refractivity contribution in [3.05, 3.63) is 87.5 Å². The summed E-state index contributed by atoms with van der Waals surface area (Å²) in [5.41, 5.74) is -0.313. The molecule has 3 amide bonds. The number of carbonyl (C=O) groups excluding carboxylic acids is 3. The number of halogens is 6. The van der Waals surface area contributed by atoms with Gasteiger partial charge in [-0.05, 0) is 48.9 Å². The van der Waals surface area contributed by atoms with Crippen LogP contribution in [0.5, 0.6) is 0 Å². The Balaban J connectivity index is 1.65. The standard InChI is InChI=1S/C29H21Cl2F4N5O3/c30-16-1-2-22(31)21(8-16)26(27(42)38-19-12-29(34,35)13-19)39(20-10-17(32)9-18(33)11-20)28(43)23-3-4-25(41)40(23)24-7-15(14-36)5-6-37-24/h1-2,5-11,19,23,26H,3-4,12-13H2,(H,38,42)/t23-,26-/m0/s1. The van der Waals surface area contributed by atoms with Gasteiger partial charge in [-0.15, -0.1) is 0 Å². The summed E-state index contributed by atoms with van der Waals surface area (Å²) in [4.78, 5) is 47.3. The van der Waals surface area contributed by atoms with E-state index in [0.29, 0.717) is 6.07 Å². The number of pyridine rings is 1. The van der Waals surface area contributed by atoms with E-state index in [-0.39, 0.29) is 39.8 Å². The van der Waals surface area contributed by atoms with Crippen LogP contribution in [-0.4, -0.2) is 40.7 Å². The molecule has 2 atom stereocenters. The van der Waals surface area contributed by atoms with Crippen LogP contribution in [0.1, 0.15) is 42.9 Å². The molecular weight excluding hydrogens is 613 g/mol. The molecule has 2 heterocycles. The van der Waals surface area contributed by atoms with Crippen LogP contribution >= 0.6 is 23.2 Å². The van der Waals surface area contributed by atoms with Crippen molar-refractivity contribution in [2.75, 3.05) is 9.80 Å². The third kappa shape index (κ3) is 6.28. The molecule has 2 aliphatic rings. The van der Waals surface area contributed by atoms with Crippen LogP contribution in [0.4, 0.5) is 29.1 Å². The summed E-state index contributed by atoms with van der Waals surface area (Å²) in [7, 11) is 0. The summed E-state index contributed by atoms with van der Waals surface area (Å²) in [5.74, 6) is -7.61. The maximum Gasteiger partial charge on any atom is 0.252 e. The van der Waals surface area contributed by atoms with Gasteiger partial charge in [-0.25, -0.2) is 22.5 Å². The molecule has 1 saturated carbocycles. The van der Waals surface area contributed by atoms with Crippen LogP contribution in [0.15, 0.2) is 54.7 Å². The minimum absolute atomic E-state index is 0.0243. The first-order chi connectivity index (χ1) is 20.4. The number of nitriles is 1. The van der Waals surface area contributed by atoms with Gasteiger partial charge in [0.15, 0.2) is 0 Å². The van der Waals surface area contributed by atoms with Crippen molar-refractivity contribution in [2.24, 2.45) is 0 Å². The fraction of sp³-hybridized carbons (Fsp3) is 0.276. The fourth-order valence-electron chi connectivity index (χ4n) is 5.23. The highest BCUT2D eigenvalue weighted by molar-refractivity contribution is 6.34. The lowest BCUT2D eigenvalue weighted by Crippen LogP contribution is -2.56. The van der Waals surface area contributed by atoms with E-state index in [2.05, 4.69) is 10.3 Å². The molecule has 1 saturated heterocycles. The van der Waals surface area contributed by atoms with Crippen LogP contribution in [0.2, 0.25) is 10.0 Å². The number of anilines is 2. The van der Waals surface area contributed by atoms with E-state index in [1.165, 1.54) is 36.5 Å². The Morgan fingerprint density at radius 2 is 1.79 bits per heavy atom. The first-order valence-electron chi connectivity index (χ1n) is 13.0. The molecule has 0 bridgehead atoms. The monoisotopic (exact) mass is 633 g/mol. The molecule has 222 valence electrons. The molecule has 0 unspecified atom stereocenters. The molecule has 8 nitrogen and oxygen atoms in total. The van der Waals surface area contributed by atoms with Gasteiger partial charge >= 0.3 is 0 Å². The number of nitrogens with one attached hydrogen (secondary N) is 1. The van der Waals surface area contributed by atoms with Crippen molar-refractivity contribution < 1.29 is 31.9 Å². The van der Waals surface area contributed by atoms with Gasteiger partial charge in [0.1, 0.15) is 29.5 Å². The predicted octanol–water partition coefficient (Wildman–Crippen LogP) is 5.72. The SMILES string of the molecule is N#Cc1ccnc(N2C(=O)CC[C@H]2C(=O)N(c2cc(F)cc(F)c2)[C@H](C(=O)NC2CC(F)(F)C2)c2cc(Cl)ccc2Cl)c1. The molecular formula is C29H21Cl2F4N5O3. The highest BCUT2D eigenvalue weighted by Gasteiger charge is 2.48. The van der Waals surface area contributed by atoms with Crippen molar-refractivity contribution in [3.8, 4) is 6.07 Å². The Hall–Kier alpha value is -4.21. The molecule has 43 heavy (non-hydrogen) atoms. The summed E-state index contributed by atoms with van der Waals surface area (Å²) >= 11 is 12.7. The van der Waals surface area contributed by atoms with Gasteiger partial charge in [-0.2, -0.15) is 5.26 Å². The van der Waals surface area contributed by atoms with Gasteiger partial charge in [-0.1, -0.05) is 23.2 Å². The van der Waals surface area contributed by atoms with Crippen LogP contribution in [0.25, 0.3) is 0 Å². The molecule has 1 aromatic heterocycles. The van der Waals surface area contributed by atoms with Gasteiger partial charge in [0.05, 0.1) is 17.3 Å². The second-order valence-corrected chi connectivity index (χ2v) is 11.1. The number of nitrogens with zero attached hydrogens (tertiary/aromatic N) is 4. The number of amides is 3. The number of hydrogen-bond acceptors (Lipinski definition) is 5. The Bertz CT molecular complexity index is 1640. The minimum atomic E-state index is -2.99. The van der Waals surface area contributed by atoms with E-state index >= 15 is 0 Å². The first-order valence-corrected chi connectivity index (χ1v) is 13.7. The van der Waals surface area contributed by atoms with Crippen LogP contribution in [-0.2, 0) is 14.4 Å². The van der Waals surface area contributed by atoms with E-state index in [4.69, 9.17) is 23.2 Å². The average molecular weight is 634 g/mol. The van der Waals surface area contributed by atoms with E-state index in [9.17, 15) is 37.2 Å². The van der Waals surface area contributed by atoms with Crippen LogP contribution in [0.3, 0.4) is 0 Å². The Morgan fingerprint density at radius 1 is 1.09 bits per heavy atom. The Kier molecular flexibility index (Phi) is 8.31. The molecule has 3 aromatic rings. The van der Waals surface area contributed by atoms with Crippen LogP contribution in [0, 0.1) is 23.0 Å². The smallest absolute Gasteiger partial charge is 0.252 e. The van der Waals surface area contributed by atoms with E-state index < -0.39 is 71.9 Å². The maximum atomic E-state index is 14.6. The molecule has 2 aromatic carbocycles. The van der Waals surface area contributed by atoms with E-state index in [1.807, 2.05) is 6.07 Å². The minimum Gasteiger partial charge on any atom is -0.351 e. The summed E-state index contributed by atoms with van der Waals surface area (Å²) in [6, 6.07) is 6.78. The summed E-state index contributed by atoms with van der Waals surface area (Å²) < 4.78 is 56.4. The zero-order chi connectivity index (χ0) is 31.1. The molecule has 14 heteroatoms. The van der Waals surface area contributed by atoms with Gasteiger partial charge in [0, 0.05) is 53.2 Å². The fourth-order valence-corrected chi connectivity index (χ4v) is 5.63. The molecule has 1 N–H and O–H groups in total. The largest absolute Gasteiger partial charge is 0.351 e. The second kappa shape index (κ2) is 11.8. The van der Waals surface area contributed by atoms with Crippen molar-refractivity contribution in [1.82, 2.24) is 10.3 Å². The van der Waals surface area contributed by atoms with Gasteiger partial charge in [-0.3, -0.25) is 24.2 Å². The topological polar surface area (TPSA) is 106 Å². The van der Waals surface area contributed by atoms with Crippen molar-refractivity contribution in [1.29, 1.82) is 5.26 Å². The zero-order valence-electron chi connectivity index (χ0n) is 22.0. The lowest BCUT2D eigenvalue weighted by Gasteiger charge is -2.39. The number of aromatic nitrogens is 1. The van der Waals surface area contributed by atoms with Gasteiger partial charge in [0.25, 0.3) is 11.8 Å². The molecule has 0 radical (unpaired) electrons. The van der Waals surface area contributed by atoms with Crippen molar-refractivity contribution in [2.45, 2.75) is 49.7 Å². The van der Waals surface area contributed by atoms with E-state index in [1.54, 1.807) is 0 Å². The normalized spacial score (nSPS) is 18.5. The highest BCUT2D eigenvalue weighted by Crippen LogP contribution is 2.40. The quantitative estimate of drug-likeness (QED) is 0.335. The molecule has 2 fully saturated rings. The first kappa shape index (κ1) is 30.3. The average Bonchev–Trinajstić information content (AvgIpc) is 3.32. The van der Waals surface area contributed by atoms with Crippen LogP contribution < -0.4 is 15.1 Å². The highest BCUT2D eigenvalue weighted by atomic mass is 35.5. The molecule has 1 aliphatic carbocycles. The molecule has 5 rings (SSSR count). The number of rotatable bonds is 7. The Morgan fingerprint density at radius 3 is 2.44 bits per heavy atom. The molecule has 1 aliphatic heterocycles. The maximum absolute atomic E-state index is 14.6. The molecule has 0 spiro atoms. The van der Waals surface area contributed by atoms with Gasteiger partial charge in [0.2, 0.25) is 11.8 Å². The number of alkyl halides is 2. The lowest BCUT2D eigenvalue weighted by atomic mass is 9.87. The van der Waals surface area contributed by atoms with Crippen molar-refractivity contribution in [3.63, 3.8) is 0 Å². The van der Waals surface area contributed by atoms with E-state index in [0.717, 1.165) is 21.9 Å². The Labute approximate surface area is 252 Å². The van der Waals surface area contributed by atoms with Gasteiger partial charge < -0.3 is 5.32 Å². The lowest BCUT2D eigenvalue weighted by molar-refractivity contribution is -0.133. The second-order valence-electron chi connectivity index (χ2n) is 10.2. The van der Waals surface area contributed by atoms with Crippen molar-refractivity contribution >= 4 is 52.4 Å². The third-order valence-corrected chi connectivity index (χ3v) is 7.76. The summed E-state index contributed by atoms with van der Waals surface area (Å²) in [6.07, 6.45) is -0.216. The zero-order valence-corrected chi connectivity index (χ0v) is 23.5. The number of hydrogen-bond donors (Lipinski definition) is 1. The summed E-state index contributed by atoms with van der Waals surface area (Å²) in [5, 5.41) is 11.9. The third-order valence-electron chi connectivity index (χ3n) is 7.18. The number of carbonyl (C=O) groups is 3. The summed E-state index contributed by atoms with van der Waals surface area (Å²) in [6.45, 7) is 0.